The lowest BCUT2D eigenvalue weighted by atomic mass is 10.0. The van der Waals surface area contributed by atoms with E-state index in [1.54, 1.807) is 54.6 Å². The number of nitrogens with zero attached hydrogens (tertiary/aromatic N) is 1. The Bertz CT molecular complexity index is 1310. The zero-order valence-corrected chi connectivity index (χ0v) is 20.3. The number of para-hydroxylation sites is 2. The lowest BCUT2D eigenvalue weighted by Gasteiger charge is -2.27. The molecule has 0 radical (unpaired) electrons. The smallest absolute Gasteiger partial charge is 0.397 e. The molecule has 5 N–H and O–H groups in total. The highest BCUT2D eigenvalue weighted by molar-refractivity contribution is 6.03. The number of carbonyl (C=O) groups is 2. The van der Waals surface area contributed by atoms with E-state index >= 15 is 0 Å². The van der Waals surface area contributed by atoms with Gasteiger partial charge in [0, 0.05) is 24.9 Å². The van der Waals surface area contributed by atoms with Crippen LogP contribution in [0.15, 0.2) is 78.9 Å². The molecular weight excluding hydrogens is 497 g/mol. The topological polar surface area (TPSA) is 108 Å². The van der Waals surface area contributed by atoms with E-state index in [0.717, 1.165) is 12.1 Å². The minimum Gasteiger partial charge on any atom is -0.397 e. The Hall–Kier alpha value is -4.15. The number of aliphatic hydroxyl groups is 1. The van der Waals surface area contributed by atoms with Gasteiger partial charge in [0.2, 0.25) is 11.8 Å². The number of β-amino-alcohol motifs (C(OH)–C–C–N with tert-alkyl or cyclic N) is 1. The second kappa shape index (κ2) is 11.5. The number of nitrogen functional groups attached to an aromatic ring is 1. The van der Waals surface area contributed by atoms with Crippen molar-refractivity contribution in [2.24, 2.45) is 0 Å². The third-order valence-corrected chi connectivity index (χ3v) is 6.19. The summed E-state index contributed by atoms with van der Waals surface area (Å²) in [4.78, 5) is 27.3. The van der Waals surface area contributed by atoms with Gasteiger partial charge in [0.1, 0.15) is 6.04 Å². The van der Waals surface area contributed by atoms with Crippen LogP contribution in [0.3, 0.4) is 0 Å². The Morgan fingerprint density at radius 3 is 2.29 bits per heavy atom. The van der Waals surface area contributed by atoms with Gasteiger partial charge in [-0.3, -0.25) is 14.5 Å². The van der Waals surface area contributed by atoms with Crippen LogP contribution in [0.25, 0.3) is 6.08 Å². The van der Waals surface area contributed by atoms with E-state index in [9.17, 15) is 27.9 Å². The molecule has 38 heavy (non-hydrogen) atoms. The van der Waals surface area contributed by atoms with E-state index in [4.69, 9.17) is 5.73 Å². The van der Waals surface area contributed by atoms with Crippen molar-refractivity contribution in [1.82, 2.24) is 4.90 Å². The molecule has 1 heterocycles. The fourth-order valence-corrected chi connectivity index (χ4v) is 4.23. The lowest BCUT2D eigenvalue weighted by molar-refractivity contribution is -0.137. The zero-order valence-electron chi connectivity index (χ0n) is 20.3. The molecule has 7 nitrogen and oxygen atoms in total. The van der Waals surface area contributed by atoms with Gasteiger partial charge in [-0.25, -0.2) is 0 Å². The third-order valence-electron chi connectivity index (χ3n) is 6.19. The summed E-state index contributed by atoms with van der Waals surface area (Å²) in [5, 5.41) is 15.4. The minimum absolute atomic E-state index is 0.234. The van der Waals surface area contributed by atoms with Crippen LogP contribution < -0.4 is 16.4 Å². The summed E-state index contributed by atoms with van der Waals surface area (Å²) in [5.74, 6) is -0.784. The standard InChI is InChI=1S/C28H27F3N4O3/c29-28(30,31)20-10-12-21(13-11-20)33-27(38)26(35-16-15-22(36)17-35)19-8-5-18(6-9-19)7-14-25(37)34-24-4-2-1-3-23(24)32/h1-14,22,26,36H,15-17,32H2,(H,33,38)(H,34,37)/t22-,26?/m0/s1. The van der Waals surface area contributed by atoms with Crippen molar-refractivity contribution in [2.75, 3.05) is 29.5 Å². The van der Waals surface area contributed by atoms with E-state index < -0.39 is 29.8 Å². The van der Waals surface area contributed by atoms with Gasteiger partial charge in [0.25, 0.3) is 0 Å². The van der Waals surface area contributed by atoms with Gasteiger partial charge < -0.3 is 21.5 Å². The number of alkyl halides is 3. The number of nitrogens with two attached hydrogens (primary N) is 1. The number of anilines is 3. The second-order valence-corrected chi connectivity index (χ2v) is 8.98. The molecule has 2 atom stereocenters. The molecule has 0 aliphatic carbocycles. The highest BCUT2D eigenvalue weighted by Gasteiger charge is 2.33. The molecule has 2 amide bonds. The van der Waals surface area contributed by atoms with E-state index in [1.807, 2.05) is 4.90 Å². The first-order valence-electron chi connectivity index (χ1n) is 11.9. The first-order valence-corrected chi connectivity index (χ1v) is 11.9. The molecule has 1 fully saturated rings. The number of hydrogen-bond donors (Lipinski definition) is 4. The number of likely N-dealkylation sites (tertiary alicyclic amines) is 1. The number of rotatable bonds is 7. The first-order chi connectivity index (χ1) is 18.1. The Balaban J connectivity index is 1.47. The summed E-state index contributed by atoms with van der Waals surface area (Å²) in [5.41, 5.74) is 7.58. The Kier molecular flexibility index (Phi) is 8.13. The molecule has 1 unspecified atom stereocenters. The lowest BCUT2D eigenvalue weighted by Crippen LogP contribution is -2.36. The summed E-state index contributed by atoms with van der Waals surface area (Å²) in [6.07, 6.45) is -1.55. The molecule has 1 aliphatic heterocycles. The molecular formula is C28H27F3N4O3. The summed E-state index contributed by atoms with van der Waals surface area (Å²) in [6.45, 7) is 0.770. The molecule has 0 saturated carbocycles. The predicted octanol–water partition coefficient (Wildman–Crippen LogP) is 4.69. The maximum atomic E-state index is 13.3. The average Bonchev–Trinajstić information content (AvgIpc) is 3.30. The molecule has 1 saturated heterocycles. The van der Waals surface area contributed by atoms with Gasteiger partial charge >= 0.3 is 6.18 Å². The molecule has 0 aromatic heterocycles. The fraction of sp³-hybridized carbons (Fsp3) is 0.214. The van der Waals surface area contributed by atoms with Gasteiger partial charge in [0.05, 0.1) is 23.0 Å². The summed E-state index contributed by atoms with van der Waals surface area (Å²) in [7, 11) is 0. The number of amides is 2. The van der Waals surface area contributed by atoms with Gasteiger partial charge in [0.15, 0.2) is 0 Å². The van der Waals surface area contributed by atoms with Crippen LogP contribution in [0.5, 0.6) is 0 Å². The van der Waals surface area contributed by atoms with E-state index in [-0.39, 0.29) is 18.1 Å². The van der Waals surface area contributed by atoms with Crippen LogP contribution in [0.1, 0.15) is 29.2 Å². The van der Waals surface area contributed by atoms with E-state index in [1.165, 1.54) is 18.2 Å². The molecule has 3 aromatic rings. The number of aliphatic hydroxyl groups excluding tert-OH is 1. The Morgan fingerprint density at radius 2 is 1.68 bits per heavy atom. The first kappa shape index (κ1) is 26.9. The van der Waals surface area contributed by atoms with Crippen molar-refractivity contribution < 1.29 is 27.9 Å². The summed E-state index contributed by atoms with van der Waals surface area (Å²) in [6, 6.07) is 17.4. The molecule has 4 rings (SSSR count). The number of benzene rings is 3. The van der Waals surface area contributed by atoms with Crippen molar-refractivity contribution >= 4 is 35.0 Å². The van der Waals surface area contributed by atoms with Gasteiger partial charge in [-0.1, -0.05) is 36.4 Å². The van der Waals surface area contributed by atoms with Gasteiger partial charge in [-0.15, -0.1) is 0 Å². The molecule has 0 spiro atoms. The second-order valence-electron chi connectivity index (χ2n) is 8.98. The third kappa shape index (κ3) is 6.78. The molecule has 0 bridgehead atoms. The van der Waals surface area contributed by atoms with Crippen LogP contribution in [0.2, 0.25) is 0 Å². The minimum atomic E-state index is -4.47. The largest absolute Gasteiger partial charge is 0.416 e. The SMILES string of the molecule is Nc1ccccc1NC(=O)C=Cc1ccc(C(C(=O)Nc2ccc(C(F)(F)F)cc2)N2CC[C@H](O)C2)cc1. The van der Waals surface area contributed by atoms with Crippen molar-refractivity contribution in [2.45, 2.75) is 24.7 Å². The number of nitrogens with one attached hydrogen (secondary N) is 2. The maximum Gasteiger partial charge on any atom is 0.416 e. The highest BCUT2D eigenvalue weighted by atomic mass is 19.4. The Morgan fingerprint density at radius 1 is 1.00 bits per heavy atom. The van der Waals surface area contributed by atoms with Crippen LogP contribution >= 0.6 is 0 Å². The van der Waals surface area contributed by atoms with Crippen molar-refractivity contribution in [3.8, 4) is 0 Å². The van der Waals surface area contributed by atoms with Crippen molar-refractivity contribution in [3.63, 3.8) is 0 Å². The predicted molar refractivity (Wildman–Crippen MR) is 140 cm³/mol. The summed E-state index contributed by atoms with van der Waals surface area (Å²) < 4.78 is 38.6. The number of halogens is 3. The van der Waals surface area contributed by atoms with Crippen LogP contribution in [-0.2, 0) is 15.8 Å². The van der Waals surface area contributed by atoms with Crippen LogP contribution in [-0.4, -0.2) is 41.0 Å². The van der Waals surface area contributed by atoms with E-state index in [0.29, 0.717) is 35.5 Å². The monoisotopic (exact) mass is 524 g/mol. The maximum absolute atomic E-state index is 13.3. The van der Waals surface area contributed by atoms with Gasteiger partial charge in [-0.2, -0.15) is 13.2 Å². The molecule has 10 heteroatoms. The normalized spacial score (nSPS) is 16.9. The number of carbonyl (C=O) groups excluding carboxylic acids is 2. The van der Waals surface area contributed by atoms with Crippen molar-refractivity contribution in [3.05, 3.63) is 95.6 Å². The average molecular weight is 525 g/mol. The molecule has 198 valence electrons. The quantitative estimate of drug-likeness (QED) is 0.265. The van der Waals surface area contributed by atoms with Crippen LogP contribution in [0, 0.1) is 0 Å². The fourth-order valence-electron chi connectivity index (χ4n) is 4.23. The van der Waals surface area contributed by atoms with Crippen LogP contribution in [0.4, 0.5) is 30.2 Å². The molecule has 3 aromatic carbocycles. The molecule has 1 aliphatic rings. The van der Waals surface area contributed by atoms with E-state index in [2.05, 4.69) is 10.6 Å². The Labute approximate surface area is 217 Å². The summed E-state index contributed by atoms with van der Waals surface area (Å²) >= 11 is 0. The zero-order chi connectivity index (χ0) is 27.3. The number of hydrogen-bond acceptors (Lipinski definition) is 5. The van der Waals surface area contributed by atoms with Crippen molar-refractivity contribution in [1.29, 1.82) is 0 Å². The van der Waals surface area contributed by atoms with Gasteiger partial charge in [-0.05, 0) is 60.0 Å². The highest BCUT2D eigenvalue weighted by Crippen LogP contribution is 2.31.